The summed E-state index contributed by atoms with van der Waals surface area (Å²) in [5.41, 5.74) is 2.23. The van der Waals surface area contributed by atoms with Gasteiger partial charge in [0.1, 0.15) is 5.82 Å². The SMILES string of the molecule is [C-]#[N+]c1c(-c2c[nH]c3c(Cl)cc(F)cc23)nc(NC2C3CCC(CC3)C2C)c(F)c1-c1ccccc1. The molecule has 2 bridgehead atoms. The molecule has 0 spiro atoms. The average Bonchev–Trinajstić information content (AvgIpc) is 3.31. The fourth-order valence-electron chi connectivity index (χ4n) is 6.33. The number of fused-ring (bicyclic) bond motifs is 4. The second-order valence-corrected chi connectivity index (χ2v) is 10.4. The summed E-state index contributed by atoms with van der Waals surface area (Å²) in [6, 6.07) is 11.8. The summed E-state index contributed by atoms with van der Waals surface area (Å²) >= 11 is 6.28. The quantitative estimate of drug-likeness (QED) is 0.274. The van der Waals surface area contributed by atoms with Crippen molar-refractivity contribution in [3.05, 3.63) is 76.7 Å². The van der Waals surface area contributed by atoms with E-state index in [1.165, 1.54) is 25.0 Å². The number of pyridine rings is 1. The van der Waals surface area contributed by atoms with Crippen LogP contribution in [-0.4, -0.2) is 16.0 Å². The molecule has 7 heteroatoms. The Bertz CT molecular complexity index is 1500. The van der Waals surface area contributed by atoms with Gasteiger partial charge < -0.3 is 10.3 Å². The van der Waals surface area contributed by atoms with Gasteiger partial charge in [0.05, 0.1) is 22.8 Å². The summed E-state index contributed by atoms with van der Waals surface area (Å²) < 4.78 is 30.6. The highest BCUT2D eigenvalue weighted by molar-refractivity contribution is 6.35. The zero-order valence-electron chi connectivity index (χ0n) is 19.8. The first-order chi connectivity index (χ1) is 17.5. The van der Waals surface area contributed by atoms with E-state index in [4.69, 9.17) is 23.2 Å². The van der Waals surface area contributed by atoms with E-state index in [2.05, 4.69) is 22.1 Å². The number of aromatic nitrogens is 2. The molecule has 2 aromatic heterocycles. The molecule has 2 heterocycles. The van der Waals surface area contributed by atoms with Crippen LogP contribution < -0.4 is 5.32 Å². The third-order valence-corrected chi connectivity index (χ3v) is 8.48. The number of halogens is 3. The second-order valence-electron chi connectivity index (χ2n) is 10.0. The molecule has 3 aliphatic rings. The molecule has 4 nitrogen and oxygen atoms in total. The number of rotatable bonds is 4. The molecule has 2 aromatic carbocycles. The maximum Gasteiger partial charge on any atom is 0.223 e. The molecule has 3 aliphatic carbocycles. The Morgan fingerprint density at radius 3 is 2.50 bits per heavy atom. The number of benzene rings is 2. The highest BCUT2D eigenvalue weighted by Crippen LogP contribution is 2.48. The van der Waals surface area contributed by atoms with Gasteiger partial charge in [-0.1, -0.05) is 48.9 Å². The van der Waals surface area contributed by atoms with Crippen LogP contribution in [0.15, 0.2) is 48.7 Å². The summed E-state index contributed by atoms with van der Waals surface area (Å²) in [5, 5.41) is 4.20. The van der Waals surface area contributed by atoms with E-state index in [-0.39, 0.29) is 28.1 Å². The summed E-state index contributed by atoms with van der Waals surface area (Å²) in [5.74, 6) is 0.616. The molecule has 2 N–H and O–H groups in total. The van der Waals surface area contributed by atoms with Crippen LogP contribution in [-0.2, 0) is 0 Å². The normalized spacial score (nSPS) is 23.1. The van der Waals surface area contributed by atoms with Crippen molar-refractivity contribution in [2.45, 2.75) is 38.6 Å². The molecule has 36 heavy (non-hydrogen) atoms. The summed E-state index contributed by atoms with van der Waals surface area (Å²) in [7, 11) is 0. The lowest BCUT2D eigenvalue weighted by Crippen LogP contribution is -2.47. The van der Waals surface area contributed by atoms with E-state index in [1.807, 2.05) is 18.2 Å². The van der Waals surface area contributed by atoms with Crippen LogP contribution in [0, 0.1) is 36.0 Å². The highest BCUT2D eigenvalue weighted by atomic mass is 35.5. The van der Waals surface area contributed by atoms with Gasteiger partial charge in [-0.25, -0.2) is 18.6 Å². The number of hydrogen-bond acceptors (Lipinski definition) is 2. The zero-order valence-corrected chi connectivity index (χ0v) is 20.5. The van der Waals surface area contributed by atoms with Gasteiger partial charge in [0.15, 0.2) is 11.6 Å². The zero-order chi connectivity index (χ0) is 25.0. The fraction of sp³-hybridized carbons (Fsp3) is 0.310. The number of H-pyrrole nitrogens is 1. The van der Waals surface area contributed by atoms with Crippen molar-refractivity contribution in [1.82, 2.24) is 9.97 Å². The standard InChI is InChI=1S/C29H25ClF2N4/c1-15-16-8-10-18(11-9-16)25(15)35-29-24(32)23(17-6-4-3-5-7-17)28(33-2)27(36-29)21-14-34-26-20(21)12-19(31)13-22(26)30/h3-7,12-16,18,25,34H,8-11H2,1H3,(H,35,36). The lowest BCUT2D eigenvalue weighted by Gasteiger charge is -2.47. The molecule has 0 aliphatic heterocycles. The maximum atomic E-state index is 16.2. The van der Waals surface area contributed by atoms with E-state index in [0.717, 1.165) is 12.8 Å². The van der Waals surface area contributed by atoms with Gasteiger partial charge in [-0.3, -0.25) is 0 Å². The second kappa shape index (κ2) is 8.90. The summed E-state index contributed by atoms with van der Waals surface area (Å²) in [4.78, 5) is 11.5. The molecule has 7 rings (SSSR count). The Morgan fingerprint density at radius 2 is 1.81 bits per heavy atom. The van der Waals surface area contributed by atoms with E-state index in [9.17, 15) is 4.39 Å². The van der Waals surface area contributed by atoms with Crippen molar-refractivity contribution in [2.75, 3.05) is 5.32 Å². The molecule has 0 saturated heterocycles. The predicted octanol–water partition coefficient (Wildman–Crippen LogP) is 8.62. The van der Waals surface area contributed by atoms with Gasteiger partial charge in [0, 0.05) is 28.8 Å². The van der Waals surface area contributed by atoms with Crippen molar-refractivity contribution < 1.29 is 8.78 Å². The molecular formula is C29H25ClF2N4. The minimum Gasteiger partial charge on any atom is -0.364 e. The predicted molar refractivity (Wildman–Crippen MR) is 140 cm³/mol. The monoisotopic (exact) mass is 502 g/mol. The van der Waals surface area contributed by atoms with Crippen LogP contribution in [0.25, 0.3) is 38.1 Å². The van der Waals surface area contributed by atoms with Crippen molar-refractivity contribution in [3.8, 4) is 22.4 Å². The topological polar surface area (TPSA) is 45.1 Å². The first kappa shape index (κ1) is 23.0. The van der Waals surface area contributed by atoms with Crippen LogP contribution in [0.5, 0.6) is 0 Å². The van der Waals surface area contributed by atoms with Gasteiger partial charge >= 0.3 is 0 Å². The van der Waals surface area contributed by atoms with Crippen molar-refractivity contribution in [3.63, 3.8) is 0 Å². The molecule has 182 valence electrons. The maximum absolute atomic E-state index is 16.2. The van der Waals surface area contributed by atoms with Gasteiger partial charge in [-0.05, 0) is 61.1 Å². The number of hydrogen-bond donors (Lipinski definition) is 2. The number of aromatic amines is 1. The molecule has 3 saturated carbocycles. The lowest BCUT2D eigenvalue weighted by atomic mass is 9.62. The third kappa shape index (κ3) is 3.65. The van der Waals surface area contributed by atoms with Gasteiger partial charge in [0.2, 0.25) is 5.69 Å². The fourth-order valence-corrected chi connectivity index (χ4v) is 6.59. The largest absolute Gasteiger partial charge is 0.364 e. The van der Waals surface area contributed by atoms with E-state index < -0.39 is 11.6 Å². The van der Waals surface area contributed by atoms with Gasteiger partial charge in [-0.15, -0.1) is 0 Å². The minimum atomic E-state index is -0.534. The molecule has 2 unspecified atom stereocenters. The van der Waals surface area contributed by atoms with E-state index in [0.29, 0.717) is 45.5 Å². The van der Waals surface area contributed by atoms with Crippen molar-refractivity contribution >= 4 is 34.0 Å². The first-order valence-corrected chi connectivity index (χ1v) is 12.7. The number of anilines is 1. The van der Waals surface area contributed by atoms with Gasteiger partial charge in [0.25, 0.3) is 0 Å². The number of nitrogens with zero attached hydrogens (tertiary/aromatic N) is 2. The Labute approximate surface area is 213 Å². The van der Waals surface area contributed by atoms with Gasteiger partial charge in [-0.2, -0.15) is 0 Å². The van der Waals surface area contributed by atoms with Crippen LogP contribution in [0.4, 0.5) is 20.3 Å². The Balaban J connectivity index is 1.58. The molecule has 3 fully saturated rings. The summed E-state index contributed by atoms with van der Waals surface area (Å²) in [6.45, 7) is 10.2. The molecular weight excluding hydrogens is 478 g/mol. The Kier molecular flexibility index (Phi) is 5.69. The van der Waals surface area contributed by atoms with Crippen LogP contribution >= 0.6 is 11.6 Å². The van der Waals surface area contributed by atoms with Crippen LogP contribution in [0.2, 0.25) is 5.02 Å². The van der Waals surface area contributed by atoms with Crippen molar-refractivity contribution in [1.29, 1.82) is 0 Å². The smallest absolute Gasteiger partial charge is 0.223 e. The van der Waals surface area contributed by atoms with Crippen molar-refractivity contribution in [2.24, 2.45) is 17.8 Å². The highest BCUT2D eigenvalue weighted by Gasteiger charge is 2.42. The summed E-state index contributed by atoms with van der Waals surface area (Å²) in [6.07, 6.45) is 6.37. The van der Waals surface area contributed by atoms with Crippen LogP contribution in [0.1, 0.15) is 32.6 Å². The van der Waals surface area contributed by atoms with E-state index >= 15 is 4.39 Å². The van der Waals surface area contributed by atoms with E-state index in [1.54, 1.807) is 18.3 Å². The average molecular weight is 503 g/mol. The third-order valence-electron chi connectivity index (χ3n) is 8.19. The molecule has 2 atom stereocenters. The number of nitrogens with one attached hydrogen (secondary N) is 2. The first-order valence-electron chi connectivity index (χ1n) is 12.4. The Hall–Kier alpha value is -3.43. The molecule has 0 radical (unpaired) electrons. The van der Waals surface area contributed by atoms with Crippen LogP contribution in [0.3, 0.4) is 0 Å². The minimum absolute atomic E-state index is 0.0868. The molecule has 0 amide bonds. The lowest BCUT2D eigenvalue weighted by molar-refractivity contribution is 0.0926. The Morgan fingerprint density at radius 1 is 1.08 bits per heavy atom. The molecule has 4 aromatic rings.